The second-order valence-corrected chi connectivity index (χ2v) is 17.8. The van der Waals surface area contributed by atoms with E-state index >= 15 is 0 Å². The van der Waals surface area contributed by atoms with E-state index in [4.69, 9.17) is 25.8 Å². The van der Waals surface area contributed by atoms with Crippen LogP contribution in [0.5, 0.6) is 0 Å². The number of epoxide rings is 1. The standard InChI is InChI=1S/C37H46ClNO6/c1-15(2)28-27(40)31-37(45-31)23(43-28)9-10-33(6)34(7)18(8-11-35(33,37)41)29-25-24-21(39-30(25)34)14-20(38)17-12-16(3)19-13-22(32(4,5)44-29)36(19,42)26(17)24/h14,18-19,22-23,25,27-31,39-42H,1,3,8-13H2,2,4-7H3/t18-,19?,22+,23-,25?,27-,28+,29-,30?,31+,33+,34+,35-,36+,37-/m0/s1. The SMILES string of the molecule is C=C1Cc2c(Cl)cc3c4c2[C@@]2(O)C1C[C@@H]2C(C)(C)O[C@@H]1C4C(N3)[C@@]2(C)[C@H]1CC[C@@]1(O)[C@@]34O[C@@H]3[C@@H](O)[C@@H](C(=C)C)O[C@H]4CC[C@@]12C. The normalized spacial score (nSPS) is 56.7. The van der Waals surface area contributed by atoms with Crippen molar-refractivity contribution >= 4 is 17.3 Å². The zero-order valence-corrected chi connectivity index (χ0v) is 27.7. The number of halogens is 1. The number of fused-ring (bicyclic) bond motifs is 5. The maximum Gasteiger partial charge on any atom is 0.153 e. The van der Waals surface area contributed by atoms with Crippen LogP contribution in [0.3, 0.4) is 0 Å². The number of benzene rings is 1. The molecule has 1 aromatic carbocycles. The van der Waals surface area contributed by atoms with Crippen LogP contribution in [-0.4, -0.2) is 68.7 Å². The van der Waals surface area contributed by atoms with Crippen LogP contribution in [0.15, 0.2) is 30.4 Å². The summed E-state index contributed by atoms with van der Waals surface area (Å²) in [6, 6.07) is 2.03. The van der Waals surface area contributed by atoms with E-state index in [1.165, 1.54) is 5.56 Å². The van der Waals surface area contributed by atoms with Crippen molar-refractivity contribution in [3.8, 4) is 0 Å². The van der Waals surface area contributed by atoms with Crippen molar-refractivity contribution in [2.45, 2.75) is 138 Å². The fourth-order valence-electron chi connectivity index (χ4n) is 13.6. The number of aliphatic hydroxyl groups is 3. The van der Waals surface area contributed by atoms with Gasteiger partial charge in [-0.1, -0.05) is 44.2 Å². The van der Waals surface area contributed by atoms with Gasteiger partial charge in [0.2, 0.25) is 0 Å². The average molecular weight is 636 g/mol. The van der Waals surface area contributed by atoms with Crippen molar-refractivity contribution in [1.29, 1.82) is 0 Å². The van der Waals surface area contributed by atoms with Gasteiger partial charge >= 0.3 is 0 Å². The smallest absolute Gasteiger partial charge is 0.153 e. The second kappa shape index (κ2) is 7.88. The predicted molar refractivity (Wildman–Crippen MR) is 169 cm³/mol. The van der Waals surface area contributed by atoms with Crippen LogP contribution in [0.25, 0.3) is 0 Å². The van der Waals surface area contributed by atoms with Crippen molar-refractivity contribution < 1.29 is 29.5 Å². The van der Waals surface area contributed by atoms with E-state index < -0.39 is 51.5 Å². The zero-order valence-electron chi connectivity index (χ0n) is 27.0. The number of hydrogen-bond acceptors (Lipinski definition) is 7. The molecular weight excluding hydrogens is 590 g/mol. The Bertz CT molecular complexity index is 1640. The van der Waals surface area contributed by atoms with Crippen LogP contribution < -0.4 is 5.32 Å². The van der Waals surface area contributed by atoms with Crippen molar-refractivity contribution in [3.05, 3.63) is 52.1 Å². The van der Waals surface area contributed by atoms with Crippen LogP contribution in [-0.2, 0) is 26.2 Å². The Labute approximate surface area is 270 Å². The first-order valence-corrected chi connectivity index (χ1v) is 17.5. The Morgan fingerprint density at radius 3 is 2.60 bits per heavy atom. The summed E-state index contributed by atoms with van der Waals surface area (Å²) in [6.07, 6.45) is 2.17. The lowest BCUT2D eigenvalue weighted by molar-refractivity contribution is -0.291. The van der Waals surface area contributed by atoms with Crippen LogP contribution in [0.2, 0.25) is 5.02 Å². The van der Waals surface area contributed by atoms with Crippen molar-refractivity contribution in [2.75, 3.05) is 5.32 Å². The third-order valence-electron chi connectivity index (χ3n) is 15.8. The molecule has 45 heavy (non-hydrogen) atoms. The molecule has 7 nitrogen and oxygen atoms in total. The molecule has 9 aliphatic rings. The van der Waals surface area contributed by atoms with Crippen LogP contribution in [0.4, 0.5) is 5.69 Å². The molecule has 4 N–H and O–H groups in total. The summed E-state index contributed by atoms with van der Waals surface area (Å²) in [5, 5.41) is 42.1. The topological polar surface area (TPSA) is 104 Å². The van der Waals surface area contributed by atoms with Crippen LogP contribution in [0.1, 0.15) is 89.3 Å². The Morgan fingerprint density at radius 1 is 1.11 bits per heavy atom. The van der Waals surface area contributed by atoms with Gasteiger partial charge in [0, 0.05) is 45.3 Å². The third kappa shape index (κ3) is 2.68. The molecular formula is C37H46ClNO6. The van der Waals surface area contributed by atoms with Crippen molar-refractivity contribution in [1.82, 2.24) is 0 Å². The molecule has 242 valence electrons. The summed E-state index contributed by atoms with van der Waals surface area (Å²) in [6.45, 7) is 19.4. The van der Waals surface area contributed by atoms with E-state index in [0.717, 1.165) is 53.6 Å². The lowest BCUT2D eigenvalue weighted by atomic mass is 9.40. The Morgan fingerprint density at radius 2 is 1.87 bits per heavy atom. The Balaban J connectivity index is 1.16. The molecule has 3 unspecified atom stereocenters. The highest BCUT2D eigenvalue weighted by molar-refractivity contribution is 6.32. The average Bonchev–Trinajstić information content (AvgIpc) is 3.55. The molecule has 4 aliphatic heterocycles. The van der Waals surface area contributed by atoms with Gasteiger partial charge in [-0.3, -0.25) is 0 Å². The van der Waals surface area contributed by atoms with Gasteiger partial charge in [0.05, 0.1) is 17.8 Å². The maximum absolute atomic E-state index is 13.2. The minimum Gasteiger partial charge on any atom is -0.387 e. The summed E-state index contributed by atoms with van der Waals surface area (Å²) in [5.74, 6) is 0.0991. The number of ether oxygens (including phenoxy) is 3. The molecule has 15 atom stereocenters. The van der Waals surface area contributed by atoms with Crippen molar-refractivity contribution in [3.63, 3.8) is 0 Å². The number of rotatable bonds is 1. The maximum atomic E-state index is 13.2. The molecule has 6 fully saturated rings. The highest BCUT2D eigenvalue weighted by atomic mass is 35.5. The zero-order chi connectivity index (χ0) is 31.6. The quantitative estimate of drug-likeness (QED) is 0.251. The molecule has 10 rings (SSSR count). The largest absolute Gasteiger partial charge is 0.387 e. The number of aliphatic hydroxyl groups excluding tert-OH is 1. The molecule has 0 bridgehead atoms. The summed E-state index contributed by atoms with van der Waals surface area (Å²) in [5.41, 5.74) is 1.32. The summed E-state index contributed by atoms with van der Waals surface area (Å²) in [7, 11) is 0. The predicted octanol–water partition coefficient (Wildman–Crippen LogP) is 5.13. The van der Waals surface area contributed by atoms with Crippen molar-refractivity contribution in [2.24, 2.45) is 28.6 Å². The monoisotopic (exact) mass is 635 g/mol. The van der Waals surface area contributed by atoms with Crippen LogP contribution >= 0.6 is 11.6 Å². The van der Waals surface area contributed by atoms with Gasteiger partial charge < -0.3 is 34.8 Å². The fraction of sp³-hybridized carbons (Fsp3) is 0.730. The molecule has 1 aromatic rings. The van der Waals surface area contributed by atoms with Gasteiger partial charge in [0.25, 0.3) is 0 Å². The van der Waals surface area contributed by atoms with E-state index in [-0.39, 0.29) is 41.9 Å². The minimum absolute atomic E-state index is 0.00278. The van der Waals surface area contributed by atoms with E-state index in [1.807, 2.05) is 6.92 Å². The molecule has 2 saturated heterocycles. The first-order valence-electron chi connectivity index (χ1n) is 17.2. The third-order valence-corrected chi connectivity index (χ3v) is 16.1. The van der Waals surface area contributed by atoms with Gasteiger partial charge in [-0.15, -0.1) is 0 Å². The highest BCUT2D eigenvalue weighted by Crippen LogP contribution is 2.79. The van der Waals surface area contributed by atoms with Gasteiger partial charge in [-0.25, -0.2) is 0 Å². The van der Waals surface area contributed by atoms with E-state index in [1.54, 1.807) is 0 Å². The summed E-state index contributed by atoms with van der Waals surface area (Å²) < 4.78 is 20.4. The molecule has 0 radical (unpaired) electrons. The number of nitrogens with one attached hydrogen (secondary N) is 1. The van der Waals surface area contributed by atoms with E-state index in [2.05, 4.69) is 52.2 Å². The first-order chi connectivity index (χ1) is 21.1. The summed E-state index contributed by atoms with van der Waals surface area (Å²) >= 11 is 7.08. The van der Waals surface area contributed by atoms with E-state index in [0.29, 0.717) is 17.9 Å². The Hall–Kier alpha value is -1.45. The molecule has 4 heterocycles. The molecule has 0 aromatic heterocycles. The molecule has 5 aliphatic carbocycles. The van der Waals surface area contributed by atoms with Gasteiger partial charge in [-0.05, 0) is 93.5 Å². The molecule has 0 amide bonds. The lowest BCUT2D eigenvalue weighted by Gasteiger charge is -2.67. The Kier molecular flexibility index (Phi) is 5.00. The number of hydrogen-bond donors (Lipinski definition) is 4. The molecule has 1 spiro atoms. The number of anilines is 1. The fourth-order valence-corrected chi connectivity index (χ4v) is 13.8. The van der Waals surface area contributed by atoms with Gasteiger partial charge in [0.15, 0.2) is 5.60 Å². The first kappa shape index (κ1) is 28.6. The second-order valence-electron chi connectivity index (χ2n) is 17.4. The highest BCUT2D eigenvalue weighted by Gasteiger charge is 2.88. The minimum atomic E-state index is -1.21. The molecule has 4 saturated carbocycles. The van der Waals surface area contributed by atoms with Crippen LogP contribution in [0, 0.1) is 28.6 Å². The molecule has 8 heteroatoms. The lowest BCUT2D eigenvalue weighted by Crippen LogP contribution is -2.76. The summed E-state index contributed by atoms with van der Waals surface area (Å²) in [4.78, 5) is 0. The van der Waals surface area contributed by atoms with E-state index in [9.17, 15) is 15.3 Å². The van der Waals surface area contributed by atoms with Gasteiger partial charge in [0.1, 0.15) is 29.5 Å². The van der Waals surface area contributed by atoms with Gasteiger partial charge in [-0.2, -0.15) is 0 Å².